The summed E-state index contributed by atoms with van der Waals surface area (Å²) in [5, 5.41) is 14.7. The highest BCUT2D eigenvalue weighted by molar-refractivity contribution is 5.92. The molecule has 1 saturated heterocycles. The summed E-state index contributed by atoms with van der Waals surface area (Å²) in [6.07, 6.45) is 5.91. The zero-order valence-electron chi connectivity index (χ0n) is 15.5. The molecule has 1 aliphatic heterocycles. The maximum atomic E-state index is 12.6. The van der Waals surface area contributed by atoms with E-state index in [2.05, 4.69) is 27.8 Å². The molecule has 2 heterocycles. The molecular formula is C20H25N5O2. The van der Waals surface area contributed by atoms with Crippen molar-refractivity contribution in [3.63, 3.8) is 0 Å². The average molecular weight is 367 g/mol. The second-order valence-electron chi connectivity index (χ2n) is 7.55. The zero-order valence-corrected chi connectivity index (χ0v) is 15.5. The van der Waals surface area contributed by atoms with Crippen molar-refractivity contribution in [3.8, 4) is 5.69 Å². The largest absolute Gasteiger partial charge is 0.353 e. The molecule has 4 rings (SSSR count). The quantitative estimate of drug-likeness (QED) is 0.866. The minimum absolute atomic E-state index is 0.0523. The Morgan fingerprint density at radius 3 is 2.89 bits per heavy atom. The number of nitrogens with one attached hydrogen (secondary N) is 2. The fourth-order valence-electron chi connectivity index (χ4n) is 4.47. The van der Waals surface area contributed by atoms with E-state index in [1.807, 2.05) is 30.3 Å². The summed E-state index contributed by atoms with van der Waals surface area (Å²) in [6.45, 7) is 2.16. The van der Waals surface area contributed by atoms with E-state index in [1.54, 1.807) is 0 Å². The van der Waals surface area contributed by atoms with E-state index < -0.39 is 0 Å². The number of aromatic nitrogens is 3. The van der Waals surface area contributed by atoms with Crippen LogP contribution < -0.4 is 10.6 Å². The standard InChI is InChI=1S/C20H25N5O2/c1-2-13-10-19(26)23-17-11-14(8-9-16(13)17)22-20(27)18-12-21-25(24-18)15-6-4-3-5-7-15/h3-7,12-14,16-17H,2,8-11H2,1H3,(H,22,27)(H,23,26). The lowest BCUT2D eigenvalue weighted by molar-refractivity contribution is -0.127. The fraction of sp³-hybridized carbons (Fsp3) is 0.500. The van der Waals surface area contributed by atoms with Gasteiger partial charge in [0.25, 0.3) is 5.91 Å². The van der Waals surface area contributed by atoms with Crippen molar-refractivity contribution < 1.29 is 9.59 Å². The highest BCUT2D eigenvalue weighted by Gasteiger charge is 2.40. The van der Waals surface area contributed by atoms with Crippen LogP contribution in [0.25, 0.3) is 5.69 Å². The highest BCUT2D eigenvalue weighted by atomic mass is 16.2. The van der Waals surface area contributed by atoms with Crippen LogP contribution in [-0.2, 0) is 4.79 Å². The number of rotatable bonds is 4. The molecule has 1 saturated carbocycles. The van der Waals surface area contributed by atoms with E-state index in [4.69, 9.17) is 0 Å². The third-order valence-electron chi connectivity index (χ3n) is 5.87. The first-order valence-electron chi connectivity index (χ1n) is 9.72. The van der Waals surface area contributed by atoms with Crippen molar-refractivity contribution in [2.75, 3.05) is 0 Å². The van der Waals surface area contributed by atoms with Crippen LogP contribution in [0.3, 0.4) is 0 Å². The Hall–Kier alpha value is -2.70. The first-order valence-corrected chi connectivity index (χ1v) is 9.72. The summed E-state index contributed by atoms with van der Waals surface area (Å²) in [7, 11) is 0. The summed E-state index contributed by atoms with van der Waals surface area (Å²) < 4.78 is 0. The lowest BCUT2D eigenvalue weighted by atomic mass is 9.70. The summed E-state index contributed by atoms with van der Waals surface area (Å²) in [6, 6.07) is 9.71. The molecule has 0 spiro atoms. The van der Waals surface area contributed by atoms with Gasteiger partial charge in [-0.15, -0.1) is 5.10 Å². The number of carbonyl (C=O) groups is 2. The van der Waals surface area contributed by atoms with Crippen LogP contribution in [0.4, 0.5) is 0 Å². The molecule has 7 heteroatoms. The third kappa shape index (κ3) is 3.72. The van der Waals surface area contributed by atoms with Gasteiger partial charge in [-0.1, -0.05) is 31.5 Å². The molecule has 2 fully saturated rings. The van der Waals surface area contributed by atoms with Gasteiger partial charge in [0.2, 0.25) is 5.91 Å². The minimum Gasteiger partial charge on any atom is -0.353 e. The smallest absolute Gasteiger partial charge is 0.273 e. The second kappa shape index (κ2) is 7.50. The Morgan fingerprint density at radius 2 is 2.11 bits per heavy atom. The Balaban J connectivity index is 1.39. The van der Waals surface area contributed by atoms with Crippen LogP contribution in [0.2, 0.25) is 0 Å². The maximum absolute atomic E-state index is 12.6. The number of piperidine rings is 1. The van der Waals surface area contributed by atoms with Gasteiger partial charge in [0.15, 0.2) is 5.69 Å². The monoisotopic (exact) mass is 367 g/mol. The second-order valence-corrected chi connectivity index (χ2v) is 7.55. The van der Waals surface area contributed by atoms with Crippen molar-refractivity contribution in [3.05, 3.63) is 42.2 Å². The van der Waals surface area contributed by atoms with E-state index in [-0.39, 0.29) is 23.9 Å². The predicted octanol–water partition coefficient (Wildman–Crippen LogP) is 2.08. The zero-order chi connectivity index (χ0) is 18.8. The topological polar surface area (TPSA) is 88.9 Å². The number of benzene rings is 1. The number of para-hydroxylation sites is 1. The first-order chi connectivity index (χ1) is 13.1. The fourth-order valence-corrected chi connectivity index (χ4v) is 4.47. The number of hydrogen-bond donors (Lipinski definition) is 2. The number of carbonyl (C=O) groups excluding carboxylic acids is 2. The molecule has 4 unspecified atom stereocenters. The van der Waals surface area contributed by atoms with Crippen molar-refractivity contribution in [2.24, 2.45) is 11.8 Å². The minimum atomic E-state index is -0.213. The van der Waals surface area contributed by atoms with Crippen molar-refractivity contribution in [1.82, 2.24) is 25.6 Å². The van der Waals surface area contributed by atoms with Gasteiger partial charge in [0, 0.05) is 18.5 Å². The molecule has 0 radical (unpaired) electrons. The van der Waals surface area contributed by atoms with Gasteiger partial charge in [-0.2, -0.15) is 9.90 Å². The highest BCUT2D eigenvalue weighted by Crippen LogP contribution is 2.36. The molecule has 2 aliphatic rings. The molecule has 0 bridgehead atoms. The normalized spacial score (nSPS) is 27.5. The number of fused-ring (bicyclic) bond motifs is 1. The Morgan fingerprint density at radius 1 is 1.30 bits per heavy atom. The van der Waals surface area contributed by atoms with Crippen LogP contribution in [-0.4, -0.2) is 38.9 Å². The lowest BCUT2D eigenvalue weighted by Gasteiger charge is -2.43. The molecule has 2 aromatic rings. The lowest BCUT2D eigenvalue weighted by Crippen LogP contribution is -2.55. The van der Waals surface area contributed by atoms with Crippen LogP contribution in [0.15, 0.2) is 36.5 Å². The molecule has 1 aromatic carbocycles. The third-order valence-corrected chi connectivity index (χ3v) is 5.87. The summed E-state index contributed by atoms with van der Waals surface area (Å²) in [4.78, 5) is 26.0. The summed E-state index contributed by atoms with van der Waals surface area (Å²) in [5.74, 6) is 0.918. The van der Waals surface area contributed by atoms with Gasteiger partial charge >= 0.3 is 0 Å². The van der Waals surface area contributed by atoms with E-state index in [0.717, 1.165) is 31.4 Å². The molecule has 1 aliphatic carbocycles. The SMILES string of the molecule is CCC1CC(=O)NC2CC(NC(=O)c3cnn(-c4ccccc4)n3)CCC12. The summed E-state index contributed by atoms with van der Waals surface area (Å²) >= 11 is 0. The number of nitrogens with zero attached hydrogens (tertiary/aromatic N) is 3. The van der Waals surface area contributed by atoms with Crippen LogP contribution in [0, 0.1) is 11.8 Å². The van der Waals surface area contributed by atoms with Gasteiger partial charge < -0.3 is 10.6 Å². The Bertz CT molecular complexity index is 819. The van der Waals surface area contributed by atoms with Gasteiger partial charge in [-0.05, 0) is 43.2 Å². The Labute approximate surface area is 158 Å². The van der Waals surface area contributed by atoms with Crippen LogP contribution in [0.5, 0.6) is 0 Å². The predicted molar refractivity (Wildman–Crippen MR) is 100 cm³/mol. The molecule has 4 atom stereocenters. The number of amides is 2. The molecule has 2 N–H and O–H groups in total. The average Bonchev–Trinajstić information content (AvgIpc) is 3.18. The number of hydrogen-bond acceptors (Lipinski definition) is 4. The van der Waals surface area contributed by atoms with Gasteiger partial charge in [0.1, 0.15) is 0 Å². The van der Waals surface area contributed by atoms with Crippen LogP contribution >= 0.6 is 0 Å². The van der Waals surface area contributed by atoms with Gasteiger partial charge in [-0.3, -0.25) is 9.59 Å². The van der Waals surface area contributed by atoms with Crippen molar-refractivity contribution in [2.45, 2.75) is 51.1 Å². The Kier molecular flexibility index (Phi) is 4.92. The van der Waals surface area contributed by atoms with Crippen molar-refractivity contribution in [1.29, 1.82) is 0 Å². The van der Waals surface area contributed by atoms with E-state index in [0.29, 0.717) is 24.0 Å². The van der Waals surface area contributed by atoms with Gasteiger partial charge in [-0.25, -0.2) is 0 Å². The van der Waals surface area contributed by atoms with Crippen molar-refractivity contribution >= 4 is 11.8 Å². The molecule has 2 amide bonds. The van der Waals surface area contributed by atoms with E-state index in [9.17, 15) is 9.59 Å². The van der Waals surface area contributed by atoms with Crippen LogP contribution in [0.1, 0.15) is 49.5 Å². The molecular weight excluding hydrogens is 342 g/mol. The first kappa shape index (κ1) is 17.7. The van der Waals surface area contributed by atoms with Gasteiger partial charge in [0.05, 0.1) is 11.9 Å². The van der Waals surface area contributed by atoms with E-state index in [1.165, 1.54) is 11.0 Å². The molecule has 142 valence electrons. The molecule has 27 heavy (non-hydrogen) atoms. The summed E-state index contributed by atoms with van der Waals surface area (Å²) in [5.41, 5.74) is 1.12. The maximum Gasteiger partial charge on any atom is 0.273 e. The van der Waals surface area contributed by atoms with E-state index >= 15 is 0 Å². The molecule has 1 aromatic heterocycles. The molecule has 7 nitrogen and oxygen atoms in total.